The Morgan fingerprint density at radius 3 is 2.69 bits per heavy atom. The number of rotatable bonds is 6. The Morgan fingerprint density at radius 1 is 1.38 bits per heavy atom. The lowest BCUT2D eigenvalue weighted by atomic mass is 10.0. The van der Waals surface area contributed by atoms with Crippen LogP contribution in [0.5, 0.6) is 5.75 Å². The van der Waals surface area contributed by atoms with Crippen LogP contribution in [0.2, 0.25) is 13.1 Å². The Kier molecular flexibility index (Phi) is 5.26. The van der Waals surface area contributed by atoms with Gasteiger partial charge in [0.2, 0.25) is 0 Å². The number of unbranched alkanes of at least 4 members (excludes halogenated alkanes) is 1. The van der Waals surface area contributed by atoms with Gasteiger partial charge in [-0.25, -0.2) is 0 Å². The van der Waals surface area contributed by atoms with Crippen LogP contribution in [0.25, 0.3) is 0 Å². The van der Waals surface area contributed by atoms with Gasteiger partial charge in [-0.15, -0.1) is 0 Å². The van der Waals surface area contributed by atoms with Gasteiger partial charge in [-0.3, -0.25) is 4.79 Å². The summed E-state index contributed by atoms with van der Waals surface area (Å²) in [5.41, 5.74) is 1.84. The summed E-state index contributed by atoms with van der Waals surface area (Å²) >= 11 is 0. The number of benzene rings is 1. The van der Waals surface area contributed by atoms with Crippen LogP contribution in [0, 0.1) is 0 Å². The zero-order valence-corrected chi connectivity index (χ0v) is 11.2. The molecule has 16 heavy (non-hydrogen) atoms. The summed E-state index contributed by atoms with van der Waals surface area (Å²) in [6.45, 7) is 6.32. The average Bonchev–Trinajstić information content (AvgIpc) is 2.27. The van der Waals surface area contributed by atoms with E-state index in [0.29, 0.717) is 5.56 Å². The molecule has 0 aliphatic rings. The highest BCUT2D eigenvalue weighted by atomic mass is 28.3. The SMILES string of the molecule is CCCCc1cccc(C=O)c1O[Si](C)C. The van der Waals surface area contributed by atoms with Crippen molar-refractivity contribution in [1.82, 2.24) is 0 Å². The number of carbonyl (C=O) groups excluding carboxylic acids is 1. The van der Waals surface area contributed by atoms with Gasteiger partial charge in [0.05, 0.1) is 5.56 Å². The van der Waals surface area contributed by atoms with Crippen molar-refractivity contribution in [3.05, 3.63) is 29.3 Å². The molecule has 1 radical (unpaired) electrons. The summed E-state index contributed by atoms with van der Waals surface area (Å²) < 4.78 is 5.84. The van der Waals surface area contributed by atoms with Crippen molar-refractivity contribution in [2.45, 2.75) is 39.3 Å². The van der Waals surface area contributed by atoms with E-state index in [2.05, 4.69) is 26.1 Å². The third-order valence-corrected chi connectivity index (χ3v) is 2.97. The zero-order chi connectivity index (χ0) is 12.0. The normalized spacial score (nSPS) is 10.5. The van der Waals surface area contributed by atoms with Gasteiger partial charge in [-0.05, 0) is 37.6 Å². The highest BCUT2D eigenvalue weighted by Crippen LogP contribution is 2.25. The number of aldehydes is 1. The van der Waals surface area contributed by atoms with Gasteiger partial charge in [0.15, 0.2) is 6.29 Å². The predicted molar refractivity (Wildman–Crippen MR) is 68.6 cm³/mol. The van der Waals surface area contributed by atoms with E-state index in [9.17, 15) is 4.79 Å². The number of carbonyl (C=O) groups is 1. The molecule has 0 saturated heterocycles. The summed E-state index contributed by atoms with van der Waals surface area (Å²) in [7, 11) is -0.824. The molecule has 87 valence electrons. The second-order valence-corrected chi connectivity index (χ2v) is 6.09. The van der Waals surface area contributed by atoms with E-state index in [1.54, 1.807) is 0 Å². The van der Waals surface area contributed by atoms with Gasteiger partial charge < -0.3 is 4.43 Å². The fourth-order valence-corrected chi connectivity index (χ4v) is 2.25. The third-order valence-electron chi connectivity index (χ3n) is 2.36. The molecule has 1 aromatic rings. The van der Waals surface area contributed by atoms with Crippen molar-refractivity contribution in [3.8, 4) is 5.75 Å². The fraction of sp³-hybridized carbons (Fsp3) is 0.462. The van der Waals surface area contributed by atoms with E-state index in [4.69, 9.17) is 4.43 Å². The minimum atomic E-state index is -0.824. The topological polar surface area (TPSA) is 26.3 Å². The second-order valence-electron chi connectivity index (χ2n) is 4.07. The van der Waals surface area contributed by atoms with E-state index in [1.165, 1.54) is 0 Å². The third kappa shape index (κ3) is 3.49. The number of aryl methyl sites for hydroxylation is 1. The molecule has 1 aromatic carbocycles. The maximum Gasteiger partial charge on any atom is 0.274 e. The molecular weight excluding hydrogens is 216 g/mol. The Hall–Kier alpha value is -1.09. The first-order valence-corrected chi connectivity index (χ1v) is 8.15. The molecule has 2 nitrogen and oxygen atoms in total. The molecule has 0 amide bonds. The van der Waals surface area contributed by atoms with Crippen LogP contribution in [0.1, 0.15) is 35.7 Å². The van der Waals surface area contributed by atoms with Crippen LogP contribution < -0.4 is 4.43 Å². The zero-order valence-electron chi connectivity index (χ0n) is 10.2. The lowest BCUT2D eigenvalue weighted by Crippen LogP contribution is -2.14. The largest absolute Gasteiger partial charge is 0.542 e. The molecule has 0 saturated carbocycles. The number of hydrogen-bond donors (Lipinski definition) is 0. The summed E-state index contributed by atoms with van der Waals surface area (Å²) in [5, 5.41) is 0. The van der Waals surface area contributed by atoms with Gasteiger partial charge in [-0.2, -0.15) is 0 Å². The molecule has 0 spiro atoms. The minimum absolute atomic E-state index is 0.680. The van der Waals surface area contributed by atoms with Gasteiger partial charge in [0, 0.05) is 0 Å². The van der Waals surface area contributed by atoms with Gasteiger partial charge in [0.25, 0.3) is 9.04 Å². The average molecular weight is 235 g/mol. The van der Waals surface area contributed by atoms with Crippen molar-refractivity contribution in [1.29, 1.82) is 0 Å². The molecule has 0 unspecified atom stereocenters. The summed E-state index contributed by atoms with van der Waals surface area (Å²) in [5.74, 6) is 0.810. The van der Waals surface area contributed by atoms with Gasteiger partial charge >= 0.3 is 0 Å². The second kappa shape index (κ2) is 6.48. The molecule has 3 heteroatoms. The number of para-hydroxylation sites is 1. The Bertz CT molecular complexity index is 348. The Morgan fingerprint density at radius 2 is 2.12 bits per heavy atom. The molecule has 0 aromatic heterocycles. The molecule has 0 heterocycles. The minimum Gasteiger partial charge on any atom is -0.542 e. The van der Waals surface area contributed by atoms with E-state index in [-0.39, 0.29) is 0 Å². The molecule has 0 atom stereocenters. The van der Waals surface area contributed by atoms with Crippen LogP contribution in [-0.4, -0.2) is 15.3 Å². The van der Waals surface area contributed by atoms with E-state index in [0.717, 1.165) is 36.9 Å². The van der Waals surface area contributed by atoms with Crippen LogP contribution in [0.4, 0.5) is 0 Å². The molecular formula is C13H19O2Si. The van der Waals surface area contributed by atoms with E-state index < -0.39 is 9.04 Å². The first kappa shape index (κ1) is 13.0. The molecule has 0 fully saturated rings. The Balaban J connectivity index is 2.99. The van der Waals surface area contributed by atoms with Gasteiger partial charge in [-0.1, -0.05) is 25.5 Å². The molecule has 0 N–H and O–H groups in total. The maximum absolute atomic E-state index is 11.0. The van der Waals surface area contributed by atoms with E-state index >= 15 is 0 Å². The van der Waals surface area contributed by atoms with Crippen LogP contribution in [0.15, 0.2) is 18.2 Å². The lowest BCUT2D eigenvalue weighted by molar-refractivity contribution is 0.112. The molecule has 0 aliphatic heterocycles. The lowest BCUT2D eigenvalue weighted by Gasteiger charge is -2.15. The van der Waals surface area contributed by atoms with E-state index in [1.807, 2.05) is 12.1 Å². The van der Waals surface area contributed by atoms with Crippen LogP contribution >= 0.6 is 0 Å². The highest BCUT2D eigenvalue weighted by molar-refractivity contribution is 6.49. The maximum atomic E-state index is 11.0. The van der Waals surface area contributed by atoms with Crippen LogP contribution in [0.3, 0.4) is 0 Å². The van der Waals surface area contributed by atoms with Crippen molar-refractivity contribution < 1.29 is 9.22 Å². The molecule has 0 aliphatic carbocycles. The smallest absolute Gasteiger partial charge is 0.274 e. The molecule has 1 rings (SSSR count). The summed E-state index contributed by atoms with van der Waals surface area (Å²) in [6, 6.07) is 5.81. The Labute approximate surface area is 99.4 Å². The first-order chi connectivity index (χ1) is 7.69. The quantitative estimate of drug-likeness (QED) is 0.557. The monoisotopic (exact) mass is 235 g/mol. The van der Waals surface area contributed by atoms with Gasteiger partial charge in [0.1, 0.15) is 5.75 Å². The number of hydrogen-bond acceptors (Lipinski definition) is 2. The summed E-state index contributed by atoms with van der Waals surface area (Å²) in [6.07, 6.45) is 4.16. The predicted octanol–water partition coefficient (Wildman–Crippen LogP) is 3.47. The fourth-order valence-electron chi connectivity index (χ4n) is 1.59. The first-order valence-electron chi connectivity index (χ1n) is 5.74. The van der Waals surface area contributed by atoms with Crippen LogP contribution in [-0.2, 0) is 6.42 Å². The van der Waals surface area contributed by atoms with Crippen molar-refractivity contribution in [2.24, 2.45) is 0 Å². The van der Waals surface area contributed by atoms with Crippen molar-refractivity contribution in [2.75, 3.05) is 0 Å². The standard InChI is InChI=1S/C13H19O2Si/c1-4-5-7-11-8-6-9-12(10-14)13(11)15-16(2)3/h6,8-10H,4-5,7H2,1-3H3. The summed E-state index contributed by atoms with van der Waals surface area (Å²) in [4.78, 5) is 11.0. The van der Waals surface area contributed by atoms with Crippen molar-refractivity contribution in [3.63, 3.8) is 0 Å². The molecule has 0 bridgehead atoms. The highest BCUT2D eigenvalue weighted by Gasteiger charge is 2.11. The van der Waals surface area contributed by atoms with Crippen molar-refractivity contribution >= 4 is 15.3 Å².